The minimum atomic E-state index is 0.727. The van der Waals surface area contributed by atoms with E-state index in [0.717, 1.165) is 57.5 Å². The third-order valence-corrected chi connectivity index (χ3v) is 12.0. The first-order valence-electron chi connectivity index (χ1n) is 19.7. The van der Waals surface area contributed by atoms with Crippen LogP contribution in [0, 0.1) is 0 Å². The molecule has 1 aliphatic heterocycles. The molecule has 57 heavy (non-hydrogen) atoms. The molecule has 0 radical (unpaired) electrons. The fourth-order valence-electron chi connectivity index (χ4n) is 9.30. The molecule has 0 N–H and O–H groups in total. The quantitative estimate of drug-likeness (QED) is 0.177. The highest BCUT2D eigenvalue weighted by Crippen LogP contribution is 2.44. The first kappa shape index (κ1) is 31.9. The van der Waals surface area contributed by atoms with Gasteiger partial charge in [-0.05, 0) is 104 Å². The van der Waals surface area contributed by atoms with Crippen LogP contribution in [0.15, 0.2) is 192 Å². The van der Waals surface area contributed by atoms with Gasteiger partial charge in [0.2, 0.25) is 0 Å². The molecule has 12 rings (SSSR count). The summed E-state index contributed by atoms with van der Waals surface area (Å²) in [6.07, 6.45) is 1.50. The first-order valence-corrected chi connectivity index (χ1v) is 19.7. The lowest BCUT2D eigenvalue weighted by Gasteiger charge is -2.17. The molecule has 268 valence electrons. The van der Waals surface area contributed by atoms with Crippen LogP contribution in [0.4, 0.5) is 0 Å². The van der Waals surface area contributed by atoms with Gasteiger partial charge in [0.1, 0.15) is 22.7 Å². The number of benzene rings is 9. The Hall–Kier alpha value is -7.36. The molecule has 0 atom stereocenters. The maximum atomic E-state index is 6.76. The molecule has 0 bridgehead atoms. The Bertz CT molecular complexity index is 3400. The Kier molecular flexibility index (Phi) is 7.05. The fourth-order valence-corrected chi connectivity index (χ4v) is 9.30. The number of hydrogen-bond donors (Lipinski definition) is 0. The van der Waals surface area contributed by atoms with Crippen LogP contribution in [0.3, 0.4) is 0 Å². The number of aromatic nitrogens is 1. The van der Waals surface area contributed by atoms with Gasteiger partial charge in [-0.1, -0.05) is 133 Å². The standard InChI is InChI=1S/C54H35NO2/c1-4-16-39-34(13-1)29-36-14-2-10-22-51(36)56-52-23-11-3-15-37(52)30-38-32-50-46(33-45(38)39)43-19-7-9-21-48(43)55(50)49-27-26-40(41-17-5-6-18-42(41)49)35-25-28-54-47(31-35)44-20-8-12-24-53(44)57-54/h1-28,31-33H,29-30H2. The highest BCUT2D eigenvalue weighted by atomic mass is 16.5. The van der Waals surface area contributed by atoms with Crippen LogP contribution in [0.1, 0.15) is 22.3 Å². The molecule has 3 heteroatoms. The van der Waals surface area contributed by atoms with Gasteiger partial charge in [-0.15, -0.1) is 0 Å². The Morgan fingerprint density at radius 1 is 0.351 bits per heavy atom. The topological polar surface area (TPSA) is 27.3 Å². The van der Waals surface area contributed by atoms with Gasteiger partial charge in [0.05, 0.1) is 16.7 Å². The molecule has 2 aromatic heterocycles. The summed E-state index contributed by atoms with van der Waals surface area (Å²) in [6.45, 7) is 0. The van der Waals surface area contributed by atoms with E-state index in [1.54, 1.807) is 0 Å². The van der Waals surface area contributed by atoms with Crippen LogP contribution in [-0.4, -0.2) is 4.57 Å². The average Bonchev–Trinajstić information content (AvgIpc) is 3.78. The van der Waals surface area contributed by atoms with Crippen molar-refractivity contribution in [2.75, 3.05) is 0 Å². The number of para-hydroxylation sites is 4. The van der Waals surface area contributed by atoms with E-state index in [2.05, 4.69) is 180 Å². The summed E-state index contributed by atoms with van der Waals surface area (Å²) in [4.78, 5) is 0. The van der Waals surface area contributed by atoms with Crippen molar-refractivity contribution in [2.24, 2.45) is 0 Å². The summed E-state index contributed by atoms with van der Waals surface area (Å²) in [7, 11) is 0. The van der Waals surface area contributed by atoms with Gasteiger partial charge in [-0.25, -0.2) is 0 Å². The van der Waals surface area contributed by atoms with E-state index < -0.39 is 0 Å². The molecule has 3 nitrogen and oxygen atoms in total. The molecule has 1 aliphatic rings. The van der Waals surface area contributed by atoms with Gasteiger partial charge in [-0.3, -0.25) is 0 Å². The Morgan fingerprint density at radius 2 is 0.982 bits per heavy atom. The average molecular weight is 730 g/mol. The summed E-state index contributed by atoms with van der Waals surface area (Å²) in [6, 6.07) is 68.0. The molecule has 11 aromatic rings. The van der Waals surface area contributed by atoms with Crippen molar-refractivity contribution in [1.29, 1.82) is 0 Å². The van der Waals surface area contributed by atoms with Crippen LogP contribution in [0.2, 0.25) is 0 Å². The van der Waals surface area contributed by atoms with Gasteiger partial charge in [-0.2, -0.15) is 0 Å². The number of fused-ring (bicyclic) bond motifs is 12. The van der Waals surface area contributed by atoms with Gasteiger partial charge >= 0.3 is 0 Å². The zero-order valence-electron chi connectivity index (χ0n) is 31.1. The van der Waals surface area contributed by atoms with E-state index in [0.29, 0.717) is 0 Å². The van der Waals surface area contributed by atoms with Crippen LogP contribution in [0.25, 0.3) is 82.5 Å². The number of furan rings is 1. The molecule has 0 unspecified atom stereocenters. The van der Waals surface area contributed by atoms with Crippen LogP contribution < -0.4 is 4.74 Å². The number of hydrogen-bond acceptors (Lipinski definition) is 2. The second kappa shape index (κ2) is 12.6. The second-order valence-corrected chi connectivity index (χ2v) is 15.2. The maximum Gasteiger partial charge on any atom is 0.135 e. The third-order valence-electron chi connectivity index (χ3n) is 12.0. The maximum absolute atomic E-state index is 6.76. The second-order valence-electron chi connectivity index (χ2n) is 15.2. The number of rotatable bonds is 2. The lowest BCUT2D eigenvalue weighted by Crippen LogP contribution is -1.99. The van der Waals surface area contributed by atoms with Crippen molar-refractivity contribution in [1.82, 2.24) is 4.57 Å². The zero-order valence-corrected chi connectivity index (χ0v) is 31.1. The van der Waals surface area contributed by atoms with Crippen LogP contribution in [-0.2, 0) is 12.8 Å². The van der Waals surface area contributed by atoms with E-state index in [1.807, 2.05) is 12.1 Å². The monoisotopic (exact) mass is 729 g/mol. The normalized spacial score (nSPS) is 12.6. The van der Waals surface area contributed by atoms with Crippen molar-refractivity contribution in [3.05, 3.63) is 210 Å². The summed E-state index contributed by atoms with van der Waals surface area (Å²) >= 11 is 0. The molecule has 0 spiro atoms. The van der Waals surface area contributed by atoms with E-state index in [-0.39, 0.29) is 0 Å². The highest BCUT2D eigenvalue weighted by Gasteiger charge is 2.22. The van der Waals surface area contributed by atoms with E-state index >= 15 is 0 Å². The molecule has 0 fully saturated rings. The Labute approximate surface area is 329 Å². The largest absolute Gasteiger partial charge is 0.457 e. The van der Waals surface area contributed by atoms with Crippen molar-refractivity contribution in [3.63, 3.8) is 0 Å². The number of ether oxygens (including phenoxy) is 1. The van der Waals surface area contributed by atoms with E-state index in [4.69, 9.17) is 9.15 Å². The summed E-state index contributed by atoms with van der Waals surface area (Å²) in [5, 5.41) is 7.16. The molecular weight excluding hydrogens is 695 g/mol. The summed E-state index contributed by atoms with van der Waals surface area (Å²) in [5.41, 5.74) is 15.1. The lowest BCUT2D eigenvalue weighted by molar-refractivity contribution is 0.472. The summed E-state index contributed by atoms with van der Waals surface area (Å²) < 4.78 is 15.4. The van der Waals surface area contributed by atoms with Crippen molar-refractivity contribution < 1.29 is 9.15 Å². The molecule has 0 saturated heterocycles. The predicted octanol–water partition coefficient (Wildman–Crippen LogP) is 14.5. The third kappa shape index (κ3) is 5.06. The highest BCUT2D eigenvalue weighted by molar-refractivity contribution is 6.13. The molecule has 0 amide bonds. The van der Waals surface area contributed by atoms with Gasteiger partial charge in [0, 0.05) is 39.8 Å². The molecule has 0 aliphatic carbocycles. The molecule has 9 aromatic carbocycles. The Balaban J connectivity index is 1.11. The minimum absolute atomic E-state index is 0.727. The van der Waals surface area contributed by atoms with Crippen LogP contribution >= 0.6 is 0 Å². The lowest BCUT2D eigenvalue weighted by atomic mass is 9.89. The molecule has 3 heterocycles. The summed E-state index contributed by atoms with van der Waals surface area (Å²) in [5.74, 6) is 1.80. The van der Waals surface area contributed by atoms with Crippen molar-refractivity contribution >= 4 is 54.5 Å². The number of nitrogens with zero attached hydrogens (tertiary/aromatic N) is 1. The fraction of sp³-hybridized carbons (Fsp3) is 0.0370. The SMILES string of the molecule is c1ccc2c(c1)Cc1ccccc1-c1cc3c4ccccc4n(-c4ccc(-c5ccc6oc7ccccc7c6c5)c5ccccc45)c3cc1Cc1ccccc1O2. The van der Waals surface area contributed by atoms with E-state index in [1.165, 1.54) is 71.5 Å². The van der Waals surface area contributed by atoms with Crippen molar-refractivity contribution in [2.45, 2.75) is 12.8 Å². The van der Waals surface area contributed by atoms with Gasteiger partial charge in [0.15, 0.2) is 0 Å². The van der Waals surface area contributed by atoms with Gasteiger partial charge < -0.3 is 13.7 Å². The Morgan fingerprint density at radius 3 is 1.81 bits per heavy atom. The smallest absolute Gasteiger partial charge is 0.135 e. The zero-order chi connectivity index (χ0) is 37.5. The van der Waals surface area contributed by atoms with Gasteiger partial charge in [0.25, 0.3) is 0 Å². The molecule has 0 saturated carbocycles. The molecular formula is C54H35NO2. The van der Waals surface area contributed by atoms with Crippen molar-refractivity contribution in [3.8, 4) is 39.4 Å². The predicted molar refractivity (Wildman–Crippen MR) is 235 cm³/mol. The first-order chi connectivity index (χ1) is 28.2. The van der Waals surface area contributed by atoms with Crippen LogP contribution in [0.5, 0.6) is 11.5 Å². The van der Waals surface area contributed by atoms with E-state index in [9.17, 15) is 0 Å². The minimum Gasteiger partial charge on any atom is -0.457 e.